The van der Waals surface area contributed by atoms with Gasteiger partial charge in [0.25, 0.3) is 0 Å². The zero-order valence-corrected chi connectivity index (χ0v) is 9.19. The Morgan fingerprint density at radius 3 is 2.60 bits per heavy atom. The average Bonchev–Trinajstić information content (AvgIpc) is 2.18. The second-order valence-corrected chi connectivity index (χ2v) is 2.98. The molecule has 0 bridgehead atoms. The number of hydrogen-bond acceptors (Lipinski definition) is 2. The minimum absolute atomic E-state index is 0. The molecule has 0 amide bonds. The largest absolute Gasteiger partial charge is 0.494 e. The van der Waals surface area contributed by atoms with Crippen molar-refractivity contribution in [2.75, 3.05) is 13.8 Å². The Bertz CT molecular complexity index is 309. The summed E-state index contributed by atoms with van der Waals surface area (Å²) in [7, 11) is 1.39. The van der Waals surface area contributed by atoms with E-state index in [9.17, 15) is 8.78 Å². The van der Waals surface area contributed by atoms with E-state index in [1.165, 1.54) is 19.2 Å². The molecule has 0 heterocycles. The van der Waals surface area contributed by atoms with Gasteiger partial charge < -0.3 is 10.5 Å². The van der Waals surface area contributed by atoms with Crippen LogP contribution in [-0.2, 0) is 0 Å². The second kappa shape index (κ2) is 6.58. The molecule has 1 atom stereocenters. The van der Waals surface area contributed by atoms with Crippen molar-refractivity contribution >= 4 is 12.4 Å². The topological polar surface area (TPSA) is 35.2 Å². The lowest BCUT2D eigenvalue weighted by atomic mass is 10.1. The average molecular weight is 238 g/mol. The van der Waals surface area contributed by atoms with Crippen LogP contribution in [0.15, 0.2) is 18.2 Å². The summed E-state index contributed by atoms with van der Waals surface area (Å²) in [6, 6.07) is 3.95. The van der Waals surface area contributed by atoms with Crippen LogP contribution in [0.2, 0.25) is 0 Å². The number of alkyl halides is 1. The first kappa shape index (κ1) is 14.1. The van der Waals surface area contributed by atoms with Gasteiger partial charge in [0.2, 0.25) is 0 Å². The summed E-state index contributed by atoms with van der Waals surface area (Å²) >= 11 is 0. The molecule has 5 heteroatoms. The lowest BCUT2D eigenvalue weighted by Crippen LogP contribution is -2.11. The minimum Gasteiger partial charge on any atom is -0.494 e. The lowest BCUT2D eigenvalue weighted by Gasteiger charge is -2.10. The molecule has 0 saturated carbocycles. The van der Waals surface area contributed by atoms with Gasteiger partial charge in [-0.1, -0.05) is 6.07 Å². The standard InChI is InChI=1S/C10H13F2NO.ClH/c1-14-10-3-2-7(6-8(10)12)9(13)4-5-11;/h2-3,6,9H,4-5,13H2,1H3;1H/t9-;/m0./s1. The predicted molar refractivity (Wildman–Crippen MR) is 57.7 cm³/mol. The van der Waals surface area contributed by atoms with E-state index >= 15 is 0 Å². The summed E-state index contributed by atoms with van der Waals surface area (Å²) in [5.74, 6) is -0.305. The third-order valence-electron chi connectivity index (χ3n) is 2.02. The van der Waals surface area contributed by atoms with Crippen molar-refractivity contribution in [3.63, 3.8) is 0 Å². The van der Waals surface area contributed by atoms with Gasteiger partial charge in [-0.3, -0.25) is 4.39 Å². The smallest absolute Gasteiger partial charge is 0.165 e. The number of ether oxygens (including phenoxy) is 1. The Morgan fingerprint density at radius 2 is 2.13 bits per heavy atom. The maximum atomic E-state index is 13.2. The van der Waals surface area contributed by atoms with Crippen molar-refractivity contribution in [1.29, 1.82) is 0 Å². The monoisotopic (exact) mass is 237 g/mol. The van der Waals surface area contributed by atoms with Crippen LogP contribution in [0, 0.1) is 5.82 Å². The minimum atomic E-state index is -0.505. The number of benzene rings is 1. The summed E-state index contributed by atoms with van der Waals surface area (Å²) in [4.78, 5) is 0. The molecule has 0 aliphatic heterocycles. The zero-order valence-electron chi connectivity index (χ0n) is 8.37. The van der Waals surface area contributed by atoms with Crippen molar-refractivity contribution in [2.24, 2.45) is 5.73 Å². The van der Waals surface area contributed by atoms with Gasteiger partial charge in [-0.05, 0) is 24.1 Å². The highest BCUT2D eigenvalue weighted by Gasteiger charge is 2.09. The molecule has 0 spiro atoms. The molecule has 86 valence electrons. The summed E-state index contributed by atoms with van der Waals surface area (Å²) in [5, 5.41) is 0. The molecule has 0 fully saturated rings. The van der Waals surface area contributed by atoms with Gasteiger partial charge in [0, 0.05) is 6.04 Å². The van der Waals surface area contributed by atoms with Crippen molar-refractivity contribution in [3.8, 4) is 5.75 Å². The molecule has 15 heavy (non-hydrogen) atoms. The fraction of sp³-hybridized carbons (Fsp3) is 0.400. The maximum absolute atomic E-state index is 13.2. The quantitative estimate of drug-likeness (QED) is 0.874. The van der Waals surface area contributed by atoms with Gasteiger partial charge in [-0.15, -0.1) is 12.4 Å². The van der Waals surface area contributed by atoms with E-state index in [0.717, 1.165) is 0 Å². The summed E-state index contributed by atoms with van der Waals surface area (Å²) < 4.78 is 29.9. The molecule has 0 aliphatic rings. The van der Waals surface area contributed by atoms with Crippen LogP contribution in [0.5, 0.6) is 5.75 Å². The second-order valence-electron chi connectivity index (χ2n) is 2.98. The zero-order chi connectivity index (χ0) is 10.6. The first-order chi connectivity index (χ1) is 6.69. The van der Waals surface area contributed by atoms with E-state index < -0.39 is 18.5 Å². The number of methoxy groups -OCH3 is 1. The van der Waals surface area contributed by atoms with E-state index in [0.29, 0.717) is 5.56 Å². The van der Waals surface area contributed by atoms with Crippen LogP contribution < -0.4 is 10.5 Å². The highest BCUT2D eigenvalue weighted by Crippen LogP contribution is 2.22. The van der Waals surface area contributed by atoms with Crippen LogP contribution >= 0.6 is 12.4 Å². The molecule has 2 nitrogen and oxygen atoms in total. The third kappa shape index (κ3) is 3.64. The van der Waals surface area contributed by atoms with Gasteiger partial charge in [0.1, 0.15) is 0 Å². The van der Waals surface area contributed by atoms with Crippen LogP contribution in [0.25, 0.3) is 0 Å². The van der Waals surface area contributed by atoms with Gasteiger partial charge in [-0.2, -0.15) is 0 Å². The molecule has 0 saturated heterocycles. The van der Waals surface area contributed by atoms with E-state index in [1.807, 2.05) is 0 Å². The molecule has 1 aromatic carbocycles. The molecular formula is C10H14ClF2NO. The Morgan fingerprint density at radius 1 is 1.47 bits per heavy atom. The van der Waals surface area contributed by atoms with E-state index in [2.05, 4.69) is 0 Å². The summed E-state index contributed by atoms with van der Waals surface area (Å²) in [6.07, 6.45) is 0.200. The number of rotatable bonds is 4. The van der Waals surface area contributed by atoms with Gasteiger partial charge in [-0.25, -0.2) is 4.39 Å². The summed E-state index contributed by atoms with van der Waals surface area (Å²) in [5.41, 5.74) is 6.20. The van der Waals surface area contributed by atoms with Crippen molar-refractivity contribution < 1.29 is 13.5 Å². The predicted octanol–water partition coefficient (Wildman–Crippen LogP) is 2.62. The molecule has 0 radical (unpaired) electrons. The Labute approximate surface area is 93.8 Å². The SMILES string of the molecule is COc1ccc([C@@H](N)CCF)cc1F.Cl. The van der Waals surface area contributed by atoms with Crippen molar-refractivity contribution in [3.05, 3.63) is 29.6 Å². The van der Waals surface area contributed by atoms with E-state index in [1.54, 1.807) is 6.07 Å². The van der Waals surface area contributed by atoms with E-state index in [-0.39, 0.29) is 24.6 Å². The first-order valence-electron chi connectivity index (χ1n) is 4.34. The number of halogens is 3. The van der Waals surface area contributed by atoms with Crippen LogP contribution in [-0.4, -0.2) is 13.8 Å². The number of hydrogen-bond donors (Lipinski definition) is 1. The molecule has 0 aromatic heterocycles. The Balaban J connectivity index is 0.00000196. The van der Waals surface area contributed by atoms with Crippen molar-refractivity contribution in [2.45, 2.75) is 12.5 Å². The fourth-order valence-electron chi connectivity index (χ4n) is 1.20. The highest BCUT2D eigenvalue weighted by atomic mass is 35.5. The molecule has 0 aliphatic carbocycles. The molecular weight excluding hydrogens is 224 g/mol. The molecule has 1 aromatic rings. The lowest BCUT2D eigenvalue weighted by molar-refractivity contribution is 0.385. The third-order valence-corrected chi connectivity index (χ3v) is 2.02. The van der Waals surface area contributed by atoms with Crippen LogP contribution in [0.1, 0.15) is 18.0 Å². The Hall–Kier alpha value is -0.870. The number of nitrogens with two attached hydrogens (primary N) is 1. The van der Waals surface area contributed by atoms with E-state index in [4.69, 9.17) is 10.5 Å². The van der Waals surface area contributed by atoms with Crippen molar-refractivity contribution in [1.82, 2.24) is 0 Å². The van der Waals surface area contributed by atoms with Gasteiger partial charge in [0.05, 0.1) is 13.8 Å². The van der Waals surface area contributed by atoms with Gasteiger partial charge >= 0.3 is 0 Å². The fourth-order valence-corrected chi connectivity index (χ4v) is 1.20. The maximum Gasteiger partial charge on any atom is 0.165 e. The Kier molecular flexibility index (Phi) is 6.20. The normalized spacial score (nSPS) is 11.7. The van der Waals surface area contributed by atoms with Crippen LogP contribution in [0.4, 0.5) is 8.78 Å². The molecule has 0 unspecified atom stereocenters. The molecule has 1 rings (SSSR count). The van der Waals surface area contributed by atoms with Crippen LogP contribution in [0.3, 0.4) is 0 Å². The first-order valence-corrected chi connectivity index (χ1v) is 4.34. The highest BCUT2D eigenvalue weighted by molar-refractivity contribution is 5.85. The molecule has 2 N–H and O–H groups in total. The summed E-state index contributed by atoms with van der Waals surface area (Å²) in [6.45, 7) is -0.505. The van der Waals surface area contributed by atoms with Gasteiger partial charge in [0.15, 0.2) is 11.6 Å².